The van der Waals surface area contributed by atoms with Crippen LogP contribution in [0.2, 0.25) is 0 Å². The highest BCUT2D eigenvalue weighted by molar-refractivity contribution is 5.92. The maximum absolute atomic E-state index is 10.4. The molecule has 8 heteroatoms. The van der Waals surface area contributed by atoms with Crippen LogP contribution in [0.1, 0.15) is 24.2 Å². The van der Waals surface area contributed by atoms with Gasteiger partial charge in [-0.25, -0.2) is 8.78 Å². The summed E-state index contributed by atoms with van der Waals surface area (Å²) in [4.78, 5) is 10.4. The molecule has 0 aromatic heterocycles. The minimum absolute atomic E-state index is 0.379. The van der Waals surface area contributed by atoms with Gasteiger partial charge < -0.3 is 5.73 Å². The van der Waals surface area contributed by atoms with Crippen molar-refractivity contribution in [1.82, 2.24) is 0 Å². The van der Waals surface area contributed by atoms with E-state index in [1.54, 1.807) is 24.3 Å². The van der Waals surface area contributed by atoms with Crippen molar-refractivity contribution in [1.29, 1.82) is 0 Å². The molecule has 0 bridgehead atoms. The van der Waals surface area contributed by atoms with Gasteiger partial charge in [-0.3, -0.25) is 9.18 Å². The summed E-state index contributed by atoms with van der Waals surface area (Å²) in [6.45, 7) is 4.00. The Morgan fingerprint density at radius 3 is 1.50 bits per heavy atom. The summed E-state index contributed by atoms with van der Waals surface area (Å²) in [5, 5.41) is 0. The molecule has 1 aromatic rings. The van der Waals surface area contributed by atoms with Gasteiger partial charge >= 0.3 is 12.6 Å². The highest BCUT2D eigenvalue weighted by Crippen LogP contribution is 2.22. The molecule has 0 atom stereocenters. The second-order valence-electron chi connectivity index (χ2n) is 2.57. The van der Waals surface area contributed by atoms with Gasteiger partial charge in [0.2, 0.25) is 5.91 Å². The summed E-state index contributed by atoms with van der Waals surface area (Å²) in [6, 6.07) is 8.76. The normalized spacial score (nSPS) is 9.10. The summed E-state index contributed by atoms with van der Waals surface area (Å²) in [5.74, 6) is -0.379. The Labute approximate surface area is 113 Å². The van der Waals surface area contributed by atoms with Crippen LogP contribution in [0, 0.1) is 0 Å². The average molecular weight is 305 g/mol. The number of alkyl halides is 6. The van der Waals surface area contributed by atoms with Crippen molar-refractivity contribution in [2.75, 3.05) is 7.18 Å². The van der Waals surface area contributed by atoms with E-state index in [1.807, 2.05) is 19.9 Å². The van der Waals surface area contributed by atoms with Gasteiger partial charge in [-0.05, 0) is 12.1 Å². The summed E-state index contributed by atoms with van der Waals surface area (Å²) in [6.07, 6.45) is -9.53. The molecule has 0 aliphatic heterocycles. The Kier molecular flexibility index (Phi) is 16.0. The number of rotatable bonds is 1. The van der Waals surface area contributed by atoms with Crippen LogP contribution in [-0.4, -0.2) is 25.7 Å². The minimum atomic E-state index is -5.33. The fourth-order valence-corrected chi connectivity index (χ4v) is 0.602. The number of hydrogen-bond acceptors (Lipinski definition) is 1. The molecule has 0 aliphatic rings. The van der Waals surface area contributed by atoms with Gasteiger partial charge in [-0.2, -0.15) is 13.2 Å². The maximum atomic E-state index is 10.4. The van der Waals surface area contributed by atoms with E-state index in [4.69, 9.17) is 5.73 Å². The third-order valence-electron chi connectivity index (χ3n) is 1.31. The van der Waals surface area contributed by atoms with E-state index in [9.17, 15) is 31.1 Å². The van der Waals surface area contributed by atoms with Gasteiger partial charge in [0.25, 0.3) is 0 Å². The van der Waals surface area contributed by atoms with Gasteiger partial charge in [0.1, 0.15) is 0 Å². The molecule has 2 nitrogen and oxygen atoms in total. The quantitative estimate of drug-likeness (QED) is 0.776. The van der Waals surface area contributed by atoms with Crippen LogP contribution in [0.15, 0.2) is 30.3 Å². The number of nitrogens with two attached hydrogens (primary N) is 1. The van der Waals surface area contributed by atoms with E-state index < -0.39 is 12.6 Å². The smallest absolute Gasteiger partial charge is 0.366 e. The summed E-state index contributed by atoms with van der Waals surface area (Å²) in [5.41, 5.74) is 5.53. The third kappa shape index (κ3) is 14.3. The van der Waals surface area contributed by atoms with Crippen LogP contribution < -0.4 is 5.73 Å². The van der Waals surface area contributed by atoms with Crippen molar-refractivity contribution >= 4 is 5.91 Å². The number of amides is 1. The third-order valence-corrected chi connectivity index (χ3v) is 1.31. The predicted octanol–water partition coefficient (Wildman–Crippen LogP) is 4.21. The van der Waals surface area contributed by atoms with Crippen LogP contribution in [0.4, 0.5) is 26.3 Å². The summed E-state index contributed by atoms with van der Waals surface area (Å²) < 4.78 is 61.6. The van der Waals surface area contributed by atoms with E-state index >= 15 is 0 Å². The van der Waals surface area contributed by atoms with E-state index in [0.29, 0.717) is 12.7 Å². The topological polar surface area (TPSA) is 43.1 Å². The molecular formula is C12H17F6NO. The van der Waals surface area contributed by atoms with Crippen molar-refractivity contribution in [3.05, 3.63) is 35.9 Å². The van der Waals surface area contributed by atoms with Crippen molar-refractivity contribution in [2.24, 2.45) is 5.73 Å². The second kappa shape index (κ2) is 13.7. The summed E-state index contributed by atoms with van der Waals surface area (Å²) in [7, 11) is 0.500. The standard InChI is InChI=1S/C7H7NO.C2HF5.C2H6.CH3F/c8-7(9)6-4-2-1-3-5-6;3-1(4)2(5,6)7;2*1-2/h1-5H,(H2,8,9);1H;1-2H3;1H3. The fraction of sp³-hybridized carbons (Fsp3) is 0.417. The first-order valence-corrected chi connectivity index (χ1v) is 5.32. The molecule has 0 aliphatic carbocycles. The molecule has 0 radical (unpaired) electrons. The van der Waals surface area contributed by atoms with Gasteiger partial charge in [-0.15, -0.1) is 0 Å². The number of carbonyl (C=O) groups excluding carboxylic acids is 1. The molecule has 1 aromatic carbocycles. The Balaban J connectivity index is -0.000000236. The number of benzene rings is 1. The van der Waals surface area contributed by atoms with Crippen LogP contribution in [0.5, 0.6) is 0 Å². The average Bonchev–Trinajstić information content (AvgIpc) is 2.44. The van der Waals surface area contributed by atoms with E-state index in [-0.39, 0.29) is 5.91 Å². The van der Waals surface area contributed by atoms with Gasteiger partial charge in [0.05, 0.1) is 7.18 Å². The lowest BCUT2D eigenvalue weighted by Gasteiger charge is -2.00. The highest BCUT2D eigenvalue weighted by atomic mass is 19.4. The first kappa shape index (κ1) is 23.4. The Morgan fingerprint density at radius 2 is 1.35 bits per heavy atom. The second-order valence-corrected chi connectivity index (χ2v) is 2.57. The molecule has 1 amide bonds. The first-order valence-electron chi connectivity index (χ1n) is 5.32. The SMILES string of the molecule is CC.CF.FC(F)C(F)(F)F.NC(=O)c1ccccc1. The van der Waals surface area contributed by atoms with Gasteiger partial charge in [0, 0.05) is 5.56 Å². The Morgan fingerprint density at radius 1 is 1.05 bits per heavy atom. The van der Waals surface area contributed by atoms with E-state index in [0.717, 1.165) is 0 Å². The molecular weight excluding hydrogens is 288 g/mol. The zero-order valence-electron chi connectivity index (χ0n) is 11.2. The van der Waals surface area contributed by atoms with Crippen molar-refractivity contribution in [3.8, 4) is 0 Å². The molecule has 118 valence electrons. The fourth-order valence-electron chi connectivity index (χ4n) is 0.602. The number of primary amides is 1. The molecule has 0 unspecified atom stereocenters. The van der Waals surface area contributed by atoms with Crippen molar-refractivity contribution < 1.29 is 31.1 Å². The molecule has 0 fully saturated rings. The van der Waals surface area contributed by atoms with Crippen molar-refractivity contribution in [3.63, 3.8) is 0 Å². The van der Waals surface area contributed by atoms with Crippen LogP contribution >= 0.6 is 0 Å². The van der Waals surface area contributed by atoms with E-state index in [2.05, 4.69) is 0 Å². The molecule has 1 rings (SSSR count). The number of carbonyl (C=O) groups is 1. The zero-order chi connectivity index (χ0) is 16.8. The van der Waals surface area contributed by atoms with Crippen molar-refractivity contribution in [2.45, 2.75) is 26.4 Å². The number of halogens is 6. The monoisotopic (exact) mass is 305 g/mol. The first-order chi connectivity index (χ1) is 9.25. The Bertz CT molecular complexity index is 326. The maximum Gasteiger partial charge on any atom is 0.450 e. The van der Waals surface area contributed by atoms with Crippen LogP contribution in [0.3, 0.4) is 0 Å². The minimum Gasteiger partial charge on any atom is -0.366 e. The lowest BCUT2D eigenvalue weighted by molar-refractivity contribution is -0.219. The highest BCUT2D eigenvalue weighted by Gasteiger charge is 2.40. The molecule has 0 saturated heterocycles. The zero-order valence-corrected chi connectivity index (χ0v) is 11.2. The molecule has 0 heterocycles. The van der Waals surface area contributed by atoms with Gasteiger partial charge in [0.15, 0.2) is 0 Å². The Hall–Kier alpha value is -1.73. The summed E-state index contributed by atoms with van der Waals surface area (Å²) >= 11 is 0. The van der Waals surface area contributed by atoms with E-state index in [1.165, 1.54) is 0 Å². The van der Waals surface area contributed by atoms with Crippen LogP contribution in [-0.2, 0) is 0 Å². The lowest BCUT2D eigenvalue weighted by atomic mass is 10.2. The molecule has 0 saturated carbocycles. The largest absolute Gasteiger partial charge is 0.450 e. The lowest BCUT2D eigenvalue weighted by Crippen LogP contribution is -2.18. The molecule has 2 N–H and O–H groups in total. The van der Waals surface area contributed by atoms with Gasteiger partial charge in [-0.1, -0.05) is 32.0 Å². The predicted molar refractivity (Wildman–Crippen MR) is 65.4 cm³/mol. The van der Waals surface area contributed by atoms with Crippen LogP contribution in [0.25, 0.3) is 0 Å². The number of hydrogen-bond donors (Lipinski definition) is 1. The molecule has 0 spiro atoms. The molecule has 20 heavy (non-hydrogen) atoms.